The number of carbonyl (C=O) groups excluding carboxylic acids is 1. The van der Waals surface area contributed by atoms with E-state index >= 15 is 0 Å². The highest BCUT2D eigenvalue weighted by atomic mass is 19.4. The largest absolute Gasteiger partial charge is 0.415 e. The highest BCUT2D eigenvalue weighted by Crippen LogP contribution is 2.29. The first-order chi connectivity index (χ1) is 7.89. The van der Waals surface area contributed by atoms with Crippen molar-refractivity contribution in [1.82, 2.24) is 10.2 Å². The lowest BCUT2D eigenvalue weighted by molar-refractivity contribution is -0.210. The lowest BCUT2D eigenvalue weighted by atomic mass is 9.91. The highest BCUT2D eigenvalue weighted by Gasteiger charge is 2.45. The summed E-state index contributed by atoms with van der Waals surface area (Å²) in [6.07, 6.45) is -5.52. The molecule has 0 bridgehead atoms. The first-order valence-corrected chi connectivity index (χ1v) is 5.66. The summed E-state index contributed by atoms with van der Waals surface area (Å²) < 4.78 is 36.8. The van der Waals surface area contributed by atoms with Crippen molar-refractivity contribution in [3.63, 3.8) is 0 Å². The van der Waals surface area contributed by atoms with E-state index < -0.39 is 18.8 Å². The number of fused-ring (bicyclic) bond motifs is 1. The van der Waals surface area contributed by atoms with Gasteiger partial charge in [0.2, 0.25) is 5.91 Å². The van der Waals surface area contributed by atoms with Crippen LogP contribution in [0.4, 0.5) is 13.2 Å². The number of halogens is 3. The number of aliphatic hydroxyl groups excluding tert-OH is 1. The Morgan fingerprint density at radius 2 is 2.24 bits per heavy atom. The number of nitrogens with zero attached hydrogens (tertiary/aromatic N) is 1. The molecule has 2 rings (SSSR count). The molecule has 0 aromatic heterocycles. The van der Waals surface area contributed by atoms with E-state index in [1.165, 1.54) is 0 Å². The third-order valence-corrected chi connectivity index (χ3v) is 3.50. The van der Waals surface area contributed by atoms with Crippen LogP contribution in [-0.2, 0) is 4.79 Å². The summed E-state index contributed by atoms with van der Waals surface area (Å²) in [5.41, 5.74) is 0. The van der Waals surface area contributed by atoms with Crippen LogP contribution in [0.5, 0.6) is 0 Å². The summed E-state index contributed by atoms with van der Waals surface area (Å²) in [6, 6.07) is -0.201. The summed E-state index contributed by atoms with van der Waals surface area (Å²) in [4.78, 5) is 13.0. The molecule has 2 aliphatic rings. The van der Waals surface area contributed by atoms with Crippen molar-refractivity contribution in [3.8, 4) is 0 Å². The van der Waals surface area contributed by atoms with Crippen LogP contribution in [-0.4, -0.2) is 53.9 Å². The van der Waals surface area contributed by atoms with Crippen molar-refractivity contribution < 1.29 is 23.1 Å². The fourth-order valence-corrected chi connectivity index (χ4v) is 2.59. The number of amides is 1. The first kappa shape index (κ1) is 12.6. The lowest BCUT2D eigenvalue weighted by Crippen LogP contribution is -2.51. The van der Waals surface area contributed by atoms with Crippen LogP contribution in [0.2, 0.25) is 0 Å². The molecule has 3 atom stereocenters. The van der Waals surface area contributed by atoms with E-state index in [0.29, 0.717) is 19.5 Å². The molecule has 4 nitrogen and oxygen atoms in total. The summed E-state index contributed by atoms with van der Waals surface area (Å²) in [5, 5.41) is 11.7. The molecule has 0 aliphatic carbocycles. The molecule has 1 amide bonds. The predicted molar refractivity (Wildman–Crippen MR) is 53.2 cm³/mol. The van der Waals surface area contributed by atoms with E-state index in [1.54, 1.807) is 4.90 Å². The Bertz CT molecular complexity index is 308. The minimum atomic E-state index is -4.59. The van der Waals surface area contributed by atoms with Gasteiger partial charge in [-0.1, -0.05) is 0 Å². The maximum absolute atomic E-state index is 12.3. The average Bonchev–Trinajstić information content (AvgIpc) is 2.60. The summed E-state index contributed by atoms with van der Waals surface area (Å²) in [5.74, 6) is -0.301. The van der Waals surface area contributed by atoms with Crippen LogP contribution >= 0.6 is 0 Å². The second-order valence-corrected chi connectivity index (χ2v) is 4.61. The maximum atomic E-state index is 12.3. The minimum absolute atomic E-state index is 0.0822. The number of carbonyl (C=O) groups is 1. The van der Waals surface area contributed by atoms with E-state index in [0.717, 1.165) is 6.42 Å². The highest BCUT2D eigenvalue weighted by molar-refractivity contribution is 5.82. The fourth-order valence-electron chi connectivity index (χ4n) is 2.59. The quantitative estimate of drug-likeness (QED) is 0.734. The van der Waals surface area contributed by atoms with Crippen molar-refractivity contribution in [2.24, 2.45) is 5.92 Å². The molecule has 0 saturated carbocycles. The van der Waals surface area contributed by atoms with Crippen LogP contribution in [0.25, 0.3) is 0 Å². The zero-order chi connectivity index (χ0) is 12.6. The van der Waals surface area contributed by atoms with Crippen molar-refractivity contribution in [3.05, 3.63) is 0 Å². The zero-order valence-corrected chi connectivity index (χ0v) is 9.20. The smallest absolute Gasteiger partial charge is 0.382 e. The molecule has 2 aliphatic heterocycles. The molecule has 0 aromatic rings. The Labute approximate surface area is 96.8 Å². The SMILES string of the molecule is O=C1NCC2C1CCCN2CC(O)C(F)(F)F. The van der Waals surface area contributed by atoms with Crippen LogP contribution in [0.15, 0.2) is 0 Å². The maximum Gasteiger partial charge on any atom is 0.415 e. The lowest BCUT2D eigenvalue weighted by Gasteiger charge is -2.37. The van der Waals surface area contributed by atoms with Crippen LogP contribution < -0.4 is 5.32 Å². The number of rotatable bonds is 2. The monoisotopic (exact) mass is 252 g/mol. The van der Waals surface area contributed by atoms with Crippen molar-refractivity contribution in [2.45, 2.75) is 31.2 Å². The topological polar surface area (TPSA) is 52.6 Å². The Morgan fingerprint density at radius 3 is 2.88 bits per heavy atom. The van der Waals surface area contributed by atoms with E-state index in [9.17, 15) is 18.0 Å². The molecule has 98 valence electrons. The van der Waals surface area contributed by atoms with Crippen molar-refractivity contribution in [1.29, 1.82) is 0 Å². The van der Waals surface area contributed by atoms with Gasteiger partial charge in [0.1, 0.15) is 0 Å². The number of alkyl halides is 3. The summed E-state index contributed by atoms with van der Waals surface area (Å²) >= 11 is 0. The Morgan fingerprint density at radius 1 is 1.53 bits per heavy atom. The summed E-state index contributed by atoms with van der Waals surface area (Å²) in [6.45, 7) is 0.441. The van der Waals surface area contributed by atoms with Crippen molar-refractivity contribution in [2.75, 3.05) is 19.6 Å². The molecule has 3 unspecified atom stereocenters. The van der Waals surface area contributed by atoms with Gasteiger partial charge in [-0.2, -0.15) is 13.2 Å². The van der Waals surface area contributed by atoms with E-state index in [2.05, 4.69) is 5.32 Å². The molecule has 17 heavy (non-hydrogen) atoms. The molecule has 0 spiro atoms. The second-order valence-electron chi connectivity index (χ2n) is 4.61. The number of nitrogens with one attached hydrogen (secondary N) is 1. The van der Waals surface area contributed by atoms with E-state index in [1.807, 2.05) is 0 Å². The van der Waals surface area contributed by atoms with Gasteiger partial charge in [0.05, 0.1) is 5.92 Å². The van der Waals surface area contributed by atoms with Crippen LogP contribution in [0.3, 0.4) is 0 Å². The van der Waals surface area contributed by atoms with Gasteiger partial charge in [0.25, 0.3) is 0 Å². The van der Waals surface area contributed by atoms with Gasteiger partial charge in [0, 0.05) is 19.1 Å². The zero-order valence-electron chi connectivity index (χ0n) is 9.20. The molecule has 2 heterocycles. The molecule has 2 fully saturated rings. The van der Waals surface area contributed by atoms with Gasteiger partial charge in [-0.15, -0.1) is 0 Å². The predicted octanol–water partition coefficient (Wildman–Crippen LogP) is 0.120. The number of hydrogen-bond donors (Lipinski definition) is 2. The molecule has 2 saturated heterocycles. The van der Waals surface area contributed by atoms with E-state index in [-0.39, 0.29) is 17.9 Å². The summed E-state index contributed by atoms with van der Waals surface area (Å²) in [7, 11) is 0. The number of likely N-dealkylation sites (tertiary alicyclic amines) is 1. The van der Waals surface area contributed by atoms with Gasteiger partial charge in [-0.3, -0.25) is 9.69 Å². The minimum Gasteiger partial charge on any atom is -0.382 e. The Balaban J connectivity index is 1.99. The van der Waals surface area contributed by atoms with Crippen molar-refractivity contribution >= 4 is 5.91 Å². The van der Waals surface area contributed by atoms with E-state index in [4.69, 9.17) is 5.11 Å². The van der Waals surface area contributed by atoms with Gasteiger partial charge in [0.15, 0.2) is 6.10 Å². The number of aliphatic hydroxyl groups is 1. The molecule has 7 heteroatoms. The third-order valence-electron chi connectivity index (χ3n) is 3.50. The first-order valence-electron chi connectivity index (χ1n) is 5.66. The van der Waals surface area contributed by atoms with Gasteiger partial charge in [-0.25, -0.2) is 0 Å². The normalized spacial score (nSPS) is 32.1. The average molecular weight is 252 g/mol. The number of hydrogen-bond acceptors (Lipinski definition) is 3. The van der Waals surface area contributed by atoms with Gasteiger partial charge >= 0.3 is 6.18 Å². The Kier molecular flexibility index (Phi) is 3.31. The number of β-amino-alcohol motifs (C(OH)–C–C–N with tert-alkyl or cyclic N) is 1. The molecule has 2 N–H and O–H groups in total. The van der Waals surface area contributed by atoms with Gasteiger partial charge < -0.3 is 10.4 Å². The number of piperidine rings is 1. The fraction of sp³-hybridized carbons (Fsp3) is 0.900. The second kappa shape index (κ2) is 4.45. The standard InChI is InChI=1S/C10H15F3N2O2/c11-10(12,13)8(16)5-15-3-1-2-6-7(15)4-14-9(6)17/h6-8,16H,1-5H2,(H,14,17). The van der Waals surface area contributed by atoms with Crippen LogP contribution in [0, 0.1) is 5.92 Å². The molecule has 0 radical (unpaired) electrons. The molecular weight excluding hydrogens is 237 g/mol. The molecule has 0 aromatic carbocycles. The van der Waals surface area contributed by atoms with Crippen LogP contribution in [0.1, 0.15) is 12.8 Å². The Hall–Kier alpha value is -0.820. The molecular formula is C10H15F3N2O2. The van der Waals surface area contributed by atoms with Gasteiger partial charge in [-0.05, 0) is 19.4 Å². The third kappa shape index (κ3) is 2.55.